The molecule has 2 N–H and O–H groups in total. The van der Waals surface area contributed by atoms with E-state index in [0.717, 1.165) is 4.90 Å². The van der Waals surface area contributed by atoms with Gasteiger partial charge in [0.25, 0.3) is 5.92 Å². The molecule has 0 bridgehead atoms. The highest BCUT2D eigenvalue weighted by molar-refractivity contribution is 5.81. The molecule has 0 saturated carbocycles. The third-order valence-electron chi connectivity index (χ3n) is 2.24. The third kappa shape index (κ3) is 2.37. The Morgan fingerprint density at radius 1 is 1.69 bits per heavy atom. The van der Waals surface area contributed by atoms with E-state index in [9.17, 15) is 13.6 Å². The first kappa shape index (κ1) is 10.4. The lowest BCUT2D eigenvalue weighted by molar-refractivity contribution is -0.133. The summed E-state index contributed by atoms with van der Waals surface area (Å²) >= 11 is 0. The van der Waals surface area contributed by atoms with E-state index in [1.54, 1.807) is 6.92 Å². The molecule has 0 spiro atoms. The third-order valence-corrected chi connectivity index (χ3v) is 2.24. The predicted octanol–water partition coefficient (Wildman–Crippen LogP) is 0.591. The Bertz CT molecular complexity index is 208. The standard InChI is InChI=1S/C8H14F2N2O/c1-2-6(11)7(13)12-4-3-8(9,10)5-12/h6H,2-5,11H2,1H3/t6-/m0/s1. The van der Waals surface area contributed by atoms with Crippen LogP contribution in [0.3, 0.4) is 0 Å². The lowest BCUT2D eigenvalue weighted by atomic mass is 10.2. The molecule has 0 aliphatic carbocycles. The number of alkyl halides is 2. The molecule has 0 aromatic heterocycles. The van der Waals surface area contributed by atoms with Crippen molar-refractivity contribution in [2.24, 2.45) is 5.73 Å². The fourth-order valence-corrected chi connectivity index (χ4v) is 1.33. The maximum Gasteiger partial charge on any atom is 0.267 e. The van der Waals surface area contributed by atoms with Crippen LogP contribution in [0.15, 0.2) is 0 Å². The van der Waals surface area contributed by atoms with Crippen molar-refractivity contribution in [3.8, 4) is 0 Å². The molecule has 0 aromatic rings. The van der Waals surface area contributed by atoms with Gasteiger partial charge in [-0.2, -0.15) is 0 Å². The molecule has 5 heteroatoms. The number of amides is 1. The van der Waals surface area contributed by atoms with Crippen molar-refractivity contribution < 1.29 is 13.6 Å². The fraction of sp³-hybridized carbons (Fsp3) is 0.875. The van der Waals surface area contributed by atoms with Crippen LogP contribution in [0.2, 0.25) is 0 Å². The van der Waals surface area contributed by atoms with Crippen LogP contribution < -0.4 is 5.73 Å². The van der Waals surface area contributed by atoms with Gasteiger partial charge in [-0.25, -0.2) is 8.78 Å². The molecular formula is C8H14F2N2O. The molecule has 1 rings (SSSR count). The normalized spacial score (nSPS) is 23.2. The minimum Gasteiger partial charge on any atom is -0.335 e. The summed E-state index contributed by atoms with van der Waals surface area (Å²) in [6.07, 6.45) is 0.246. The number of hydrogen-bond acceptors (Lipinski definition) is 2. The monoisotopic (exact) mass is 192 g/mol. The quantitative estimate of drug-likeness (QED) is 0.696. The van der Waals surface area contributed by atoms with Gasteiger partial charge >= 0.3 is 0 Å². The van der Waals surface area contributed by atoms with Gasteiger partial charge in [0.15, 0.2) is 0 Å². The van der Waals surface area contributed by atoms with Crippen molar-refractivity contribution in [2.75, 3.05) is 13.1 Å². The van der Waals surface area contributed by atoms with Gasteiger partial charge < -0.3 is 10.6 Å². The minimum absolute atomic E-state index is 0.125. The van der Waals surface area contributed by atoms with Crippen LogP contribution in [0.1, 0.15) is 19.8 Å². The van der Waals surface area contributed by atoms with E-state index < -0.39 is 18.5 Å². The summed E-state index contributed by atoms with van der Waals surface area (Å²) in [7, 11) is 0. The minimum atomic E-state index is -2.72. The smallest absolute Gasteiger partial charge is 0.267 e. The number of carbonyl (C=O) groups excluding carboxylic acids is 1. The molecule has 13 heavy (non-hydrogen) atoms. The van der Waals surface area contributed by atoms with Gasteiger partial charge in [0.05, 0.1) is 12.6 Å². The summed E-state index contributed by atoms with van der Waals surface area (Å²) in [6, 6.07) is -0.631. The zero-order chi connectivity index (χ0) is 10.1. The summed E-state index contributed by atoms with van der Waals surface area (Å²) < 4.78 is 25.4. The topological polar surface area (TPSA) is 46.3 Å². The zero-order valence-corrected chi connectivity index (χ0v) is 7.59. The first-order valence-electron chi connectivity index (χ1n) is 4.38. The second-order valence-electron chi connectivity index (χ2n) is 3.38. The summed E-state index contributed by atoms with van der Waals surface area (Å²) in [5.74, 6) is -3.08. The SMILES string of the molecule is CC[C@H](N)C(=O)N1CCC(F)(F)C1. The van der Waals surface area contributed by atoms with Crippen molar-refractivity contribution in [1.29, 1.82) is 0 Å². The van der Waals surface area contributed by atoms with Crippen molar-refractivity contribution in [3.63, 3.8) is 0 Å². The molecule has 1 atom stereocenters. The average molecular weight is 192 g/mol. The van der Waals surface area contributed by atoms with Crippen LogP contribution in [0.25, 0.3) is 0 Å². The Balaban J connectivity index is 2.51. The Morgan fingerprint density at radius 2 is 2.31 bits per heavy atom. The van der Waals surface area contributed by atoms with Gasteiger partial charge in [-0.1, -0.05) is 6.92 Å². The maximum atomic E-state index is 12.7. The van der Waals surface area contributed by atoms with Gasteiger partial charge in [0.2, 0.25) is 5.91 Å². The molecule has 1 amide bonds. The van der Waals surface area contributed by atoms with Crippen molar-refractivity contribution >= 4 is 5.91 Å². The number of nitrogens with two attached hydrogens (primary N) is 1. The maximum absolute atomic E-state index is 12.7. The van der Waals surface area contributed by atoms with Gasteiger partial charge in [0, 0.05) is 13.0 Å². The van der Waals surface area contributed by atoms with Crippen LogP contribution in [0, 0.1) is 0 Å². The van der Waals surface area contributed by atoms with E-state index >= 15 is 0 Å². The van der Waals surface area contributed by atoms with Crippen LogP contribution in [-0.2, 0) is 4.79 Å². The van der Waals surface area contributed by atoms with Crippen molar-refractivity contribution in [1.82, 2.24) is 4.90 Å². The highest BCUT2D eigenvalue weighted by Crippen LogP contribution is 2.26. The Kier molecular flexibility index (Phi) is 2.85. The second-order valence-corrected chi connectivity index (χ2v) is 3.38. The molecule has 0 unspecified atom stereocenters. The molecule has 76 valence electrons. The van der Waals surface area contributed by atoms with E-state index in [2.05, 4.69) is 0 Å². The van der Waals surface area contributed by atoms with Crippen LogP contribution in [-0.4, -0.2) is 35.9 Å². The number of rotatable bonds is 2. The molecule has 3 nitrogen and oxygen atoms in total. The van der Waals surface area contributed by atoms with Gasteiger partial charge in [-0.15, -0.1) is 0 Å². The first-order chi connectivity index (χ1) is 5.96. The van der Waals surface area contributed by atoms with Gasteiger partial charge in [0.1, 0.15) is 0 Å². The molecule has 0 radical (unpaired) electrons. The lowest BCUT2D eigenvalue weighted by Gasteiger charge is -2.19. The lowest BCUT2D eigenvalue weighted by Crippen LogP contribution is -2.43. The largest absolute Gasteiger partial charge is 0.335 e. The molecule has 1 fully saturated rings. The van der Waals surface area contributed by atoms with Gasteiger partial charge in [-0.05, 0) is 6.42 Å². The number of nitrogens with zero attached hydrogens (tertiary/aromatic N) is 1. The van der Waals surface area contributed by atoms with Crippen LogP contribution >= 0.6 is 0 Å². The predicted molar refractivity (Wildman–Crippen MR) is 44.4 cm³/mol. The second kappa shape index (κ2) is 3.57. The number of likely N-dealkylation sites (tertiary alicyclic amines) is 1. The molecule has 1 aliphatic rings. The fourth-order valence-electron chi connectivity index (χ4n) is 1.33. The number of halogens is 2. The van der Waals surface area contributed by atoms with Crippen LogP contribution in [0.5, 0.6) is 0 Å². The Morgan fingerprint density at radius 3 is 2.69 bits per heavy atom. The Hall–Kier alpha value is -0.710. The molecule has 0 aromatic carbocycles. The molecule has 1 aliphatic heterocycles. The van der Waals surface area contributed by atoms with Crippen LogP contribution in [0.4, 0.5) is 8.78 Å². The van der Waals surface area contributed by atoms with E-state index in [-0.39, 0.29) is 18.9 Å². The van der Waals surface area contributed by atoms with Crippen molar-refractivity contribution in [3.05, 3.63) is 0 Å². The number of carbonyl (C=O) groups is 1. The average Bonchev–Trinajstić information content (AvgIpc) is 2.43. The van der Waals surface area contributed by atoms with E-state index in [4.69, 9.17) is 5.73 Å². The molecule has 1 saturated heterocycles. The highest BCUT2D eigenvalue weighted by atomic mass is 19.3. The summed E-state index contributed by atoms with van der Waals surface area (Å²) in [4.78, 5) is 12.5. The van der Waals surface area contributed by atoms with E-state index in [1.165, 1.54) is 0 Å². The highest BCUT2D eigenvalue weighted by Gasteiger charge is 2.40. The van der Waals surface area contributed by atoms with E-state index in [0.29, 0.717) is 6.42 Å². The van der Waals surface area contributed by atoms with Crippen molar-refractivity contribution in [2.45, 2.75) is 31.7 Å². The summed E-state index contributed by atoms with van der Waals surface area (Å²) in [5, 5.41) is 0. The number of hydrogen-bond donors (Lipinski definition) is 1. The van der Waals surface area contributed by atoms with Gasteiger partial charge in [-0.3, -0.25) is 4.79 Å². The summed E-state index contributed by atoms with van der Waals surface area (Å²) in [6.45, 7) is 1.41. The molecular weight excluding hydrogens is 178 g/mol. The Labute approximate surface area is 75.9 Å². The zero-order valence-electron chi connectivity index (χ0n) is 7.59. The first-order valence-corrected chi connectivity index (χ1v) is 4.38. The summed E-state index contributed by atoms with van der Waals surface area (Å²) in [5.41, 5.74) is 5.45. The molecule has 1 heterocycles. The van der Waals surface area contributed by atoms with E-state index in [1.807, 2.05) is 0 Å².